The third-order valence-corrected chi connectivity index (χ3v) is 10.5. The van der Waals surface area contributed by atoms with Gasteiger partial charge in [-0.05, 0) is 44.0 Å². The Morgan fingerprint density at radius 1 is 1.13 bits per heavy atom. The monoisotopic (exact) mass is 485 g/mol. The van der Waals surface area contributed by atoms with E-state index in [2.05, 4.69) is 5.32 Å². The van der Waals surface area contributed by atoms with E-state index in [0.29, 0.717) is 24.3 Å². The molecule has 0 aliphatic carbocycles. The highest BCUT2D eigenvalue weighted by Gasteiger charge is 2.33. The highest BCUT2D eigenvalue weighted by Crippen LogP contribution is 2.26. The summed E-state index contributed by atoms with van der Waals surface area (Å²) in [6, 6.07) is 9.89. The van der Waals surface area contributed by atoms with Gasteiger partial charge in [0.15, 0.2) is 0 Å². The number of amides is 1. The number of piperidine rings is 1. The highest BCUT2D eigenvalue weighted by molar-refractivity contribution is 7.91. The fourth-order valence-corrected chi connectivity index (χ4v) is 7.31. The van der Waals surface area contributed by atoms with E-state index in [0.717, 1.165) is 21.2 Å². The molecule has 1 aliphatic heterocycles. The summed E-state index contributed by atoms with van der Waals surface area (Å²) >= 11 is 1.11. The molecule has 0 radical (unpaired) electrons. The normalized spacial score (nSPS) is 18.3. The van der Waals surface area contributed by atoms with Crippen LogP contribution in [0.3, 0.4) is 0 Å². The Kier molecular flexibility index (Phi) is 7.21. The Hall–Kier alpha value is -1.79. The van der Waals surface area contributed by atoms with Gasteiger partial charge in [0.25, 0.3) is 10.0 Å². The Bertz CT molecular complexity index is 1140. The molecular formula is C20H27N3O5S3. The van der Waals surface area contributed by atoms with Crippen LogP contribution >= 0.6 is 11.3 Å². The molecule has 1 aromatic carbocycles. The minimum atomic E-state index is -3.65. The fourth-order valence-electron chi connectivity index (χ4n) is 3.32. The van der Waals surface area contributed by atoms with Crippen molar-refractivity contribution in [3.63, 3.8) is 0 Å². The molecule has 1 aliphatic rings. The maximum absolute atomic E-state index is 12.9. The van der Waals surface area contributed by atoms with Gasteiger partial charge in [-0.2, -0.15) is 4.31 Å². The molecule has 0 saturated carbocycles. The lowest BCUT2D eigenvalue weighted by molar-refractivity contribution is -0.126. The molecule has 0 spiro atoms. The van der Waals surface area contributed by atoms with Crippen LogP contribution in [0.4, 0.5) is 0 Å². The van der Waals surface area contributed by atoms with Crippen LogP contribution in [0.5, 0.6) is 0 Å². The first-order chi connectivity index (χ1) is 14.5. The second-order valence-corrected chi connectivity index (χ2v) is 13.2. The maximum Gasteiger partial charge on any atom is 0.252 e. The Balaban J connectivity index is 1.63. The molecule has 31 heavy (non-hydrogen) atoms. The van der Waals surface area contributed by atoms with Crippen LogP contribution in [0, 0.1) is 12.8 Å². The summed E-state index contributed by atoms with van der Waals surface area (Å²) in [5.74, 6) is -0.673. The fraction of sp³-hybridized carbons (Fsp3) is 0.450. The van der Waals surface area contributed by atoms with Gasteiger partial charge >= 0.3 is 0 Å². The molecule has 1 fully saturated rings. The second kappa shape index (κ2) is 9.37. The van der Waals surface area contributed by atoms with Crippen molar-refractivity contribution in [3.8, 4) is 0 Å². The number of thiophene rings is 1. The van der Waals surface area contributed by atoms with Crippen molar-refractivity contribution in [3.05, 3.63) is 46.8 Å². The largest absolute Gasteiger partial charge is 0.351 e. The van der Waals surface area contributed by atoms with Crippen LogP contribution in [0.1, 0.15) is 23.3 Å². The molecule has 1 saturated heterocycles. The molecule has 2 heterocycles. The summed E-state index contributed by atoms with van der Waals surface area (Å²) in [5, 5.41) is 2.82. The number of benzene rings is 1. The van der Waals surface area contributed by atoms with Gasteiger partial charge in [-0.25, -0.2) is 21.1 Å². The Labute approximate surface area is 188 Å². The summed E-state index contributed by atoms with van der Waals surface area (Å²) in [6.45, 7) is 2.61. The van der Waals surface area contributed by atoms with E-state index in [1.165, 1.54) is 24.5 Å². The molecule has 8 nitrogen and oxygen atoms in total. The molecule has 1 unspecified atom stereocenters. The van der Waals surface area contributed by atoms with Gasteiger partial charge in [-0.1, -0.05) is 17.7 Å². The van der Waals surface area contributed by atoms with E-state index < -0.39 is 26.0 Å². The van der Waals surface area contributed by atoms with Crippen molar-refractivity contribution in [2.24, 2.45) is 5.92 Å². The number of nitrogens with zero attached hydrogens (tertiary/aromatic N) is 2. The molecule has 170 valence electrons. The molecule has 1 N–H and O–H groups in total. The molecule has 0 bridgehead atoms. The van der Waals surface area contributed by atoms with Crippen LogP contribution in [-0.4, -0.2) is 58.5 Å². The first-order valence-electron chi connectivity index (χ1n) is 9.87. The number of hydrogen-bond acceptors (Lipinski definition) is 6. The van der Waals surface area contributed by atoms with E-state index in [-0.39, 0.29) is 28.1 Å². The summed E-state index contributed by atoms with van der Waals surface area (Å²) in [4.78, 5) is 13.6. The number of rotatable bonds is 7. The smallest absolute Gasteiger partial charge is 0.252 e. The third kappa shape index (κ3) is 5.35. The number of carbonyl (C=O) groups excluding carboxylic acids is 1. The number of sulfonamides is 2. The molecule has 1 amide bonds. The van der Waals surface area contributed by atoms with Gasteiger partial charge in [0, 0.05) is 32.1 Å². The predicted octanol–water partition coefficient (Wildman–Crippen LogP) is 2.02. The number of hydrogen-bond donors (Lipinski definition) is 1. The molecule has 1 atom stereocenters. The van der Waals surface area contributed by atoms with Gasteiger partial charge in [-0.15, -0.1) is 11.3 Å². The van der Waals surface area contributed by atoms with Crippen LogP contribution < -0.4 is 5.32 Å². The number of nitrogens with one attached hydrogen (secondary N) is 1. The minimum Gasteiger partial charge on any atom is -0.351 e. The lowest BCUT2D eigenvalue weighted by Crippen LogP contribution is -2.45. The second-order valence-electron chi connectivity index (χ2n) is 7.74. The first kappa shape index (κ1) is 23.9. The quantitative estimate of drug-likeness (QED) is 0.646. The van der Waals surface area contributed by atoms with Crippen LogP contribution in [0.2, 0.25) is 0 Å². The average Bonchev–Trinajstić information content (AvgIpc) is 3.22. The van der Waals surface area contributed by atoms with Gasteiger partial charge < -0.3 is 5.32 Å². The number of aryl methyl sites for hydroxylation is 1. The van der Waals surface area contributed by atoms with E-state index in [4.69, 9.17) is 0 Å². The summed E-state index contributed by atoms with van der Waals surface area (Å²) in [6.07, 6.45) is 1.21. The van der Waals surface area contributed by atoms with Crippen molar-refractivity contribution in [1.82, 2.24) is 13.9 Å². The van der Waals surface area contributed by atoms with Crippen molar-refractivity contribution in [2.45, 2.75) is 35.4 Å². The van der Waals surface area contributed by atoms with Crippen molar-refractivity contribution < 1.29 is 21.6 Å². The van der Waals surface area contributed by atoms with Gasteiger partial charge in [-0.3, -0.25) is 4.79 Å². The first-order valence-corrected chi connectivity index (χ1v) is 13.6. The maximum atomic E-state index is 12.9. The Morgan fingerprint density at radius 2 is 1.81 bits per heavy atom. The highest BCUT2D eigenvalue weighted by atomic mass is 32.2. The SMILES string of the molecule is Cc1ccc(S(=O)(=O)N2CCCC(C(=O)NCc3ccc(S(=O)(=O)N(C)C)s3)C2)cc1. The lowest BCUT2D eigenvalue weighted by atomic mass is 9.99. The van der Waals surface area contributed by atoms with Crippen LogP contribution in [-0.2, 0) is 31.4 Å². The standard InChI is InChI=1S/C20H27N3O5S3/c1-15-6-9-18(10-7-15)30(25,26)23-12-4-5-16(14-23)20(24)21-13-17-8-11-19(29-17)31(27,28)22(2)3/h6-11,16H,4-5,12-14H2,1-3H3,(H,21,24). The zero-order valence-electron chi connectivity index (χ0n) is 17.7. The van der Waals surface area contributed by atoms with Crippen molar-refractivity contribution >= 4 is 37.3 Å². The van der Waals surface area contributed by atoms with E-state index in [1.54, 1.807) is 30.3 Å². The summed E-state index contributed by atoms with van der Waals surface area (Å²) in [5.41, 5.74) is 0.977. The zero-order valence-corrected chi connectivity index (χ0v) is 20.2. The lowest BCUT2D eigenvalue weighted by Gasteiger charge is -2.31. The average molecular weight is 486 g/mol. The molecule has 11 heteroatoms. The molecule has 3 rings (SSSR count). The van der Waals surface area contributed by atoms with E-state index >= 15 is 0 Å². The van der Waals surface area contributed by atoms with Crippen LogP contribution in [0.15, 0.2) is 45.5 Å². The van der Waals surface area contributed by atoms with Crippen molar-refractivity contribution in [1.29, 1.82) is 0 Å². The van der Waals surface area contributed by atoms with E-state index in [9.17, 15) is 21.6 Å². The molecule has 2 aromatic rings. The molecular weight excluding hydrogens is 458 g/mol. The molecule has 1 aromatic heterocycles. The number of carbonyl (C=O) groups is 1. The van der Waals surface area contributed by atoms with Crippen LogP contribution in [0.25, 0.3) is 0 Å². The van der Waals surface area contributed by atoms with Gasteiger partial charge in [0.05, 0.1) is 17.4 Å². The third-order valence-electron chi connectivity index (χ3n) is 5.22. The topological polar surface area (TPSA) is 104 Å². The van der Waals surface area contributed by atoms with Gasteiger partial charge in [0.1, 0.15) is 4.21 Å². The van der Waals surface area contributed by atoms with Gasteiger partial charge in [0.2, 0.25) is 15.9 Å². The summed E-state index contributed by atoms with van der Waals surface area (Å²) < 4.78 is 53.0. The minimum absolute atomic E-state index is 0.132. The van der Waals surface area contributed by atoms with E-state index in [1.807, 2.05) is 6.92 Å². The summed E-state index contributed by atoms with van der Waals surface area (Å²) in [7, 11) is -4.22. The van der Waals surface area contributed by atoms with Crippen molar-refractivity contribution in [2.75, 3.05) is 27.2 Å². The Morgan fingerprint density at radius 3 is 2.45 bits per heavy atom. The predicted molar refractivity (Wildman–Crippen MR) is 120 cm³/mol. The zero-order chi connectivity index (χ0) is 22.8.